The monoisotopic (exact) mass is 426 g/mol. The van der Waals surface area contributed by atoms with Crippen molar-refractivity contribution >= 4 is 5.90 Å². The second-order valence-electron chi connectivity index (χ2n) is 8.22. The van der Waals surface area contributed by atoms with Crippen molar-refractivity contribution in [3.05, 3.63) is 35.4 Å². The highest BCUT2D eigenvalue weighted by molar-refractivity contribution is 5.89. The molecule has 4 fully saturated rings. The summed E-state index contributed by atoms with van der Waals surface area (Å²) >= 11 is 0. The quantitative estimate of drug-likeness (QED) is 0.730. The molecule has 1 aliphatic carbocycles. The number of halogens is 2. The lowest BCUT2D eigenvalue weighted by Gasteiger charge is -2.54. The first-order chi connectivity index (χ1) is 14.8. The van der Waals surface area contributed by atoms with Crippen LogP contribution in [0.1, 0.15) is 30.9 Å². The summed E-state index contributed by atoms with van der Waals surface area (Å²) in [6.45, 7) is 0.689. The van der Waals surface area contributed by atoms with Gasteiger partial charge in [0.05, 0.1) is 37.3 Å². The second kappa shape index (κ2) is 6.21. The number of hydrogen-bond donors (Lipinski definition) is 1. The van der Waals surface area contributed by atoms with Crippen LogP contribution in [0.3, 0.4) is 0 Å². The number of nitrogens with one attached hydrogen (secondary N) is 1. The molecular weight excluding hydrogens is 410 g/mol. The number of ether oxygens (including phenoxy) is 4. The van der Waals surface area contributed by atoms with E-state index in [4.69, 9.17) is 24.4 Å². The van der Waals surface area contributed by atoms with Crippen molar-refractivity contribution in [2.75, 3.05) is 13.2 Å². The van der Waals surface area contributed by atoms with E-state index in [1.165, 1.54) is 0 Å². The molecule has 1 aromatic carbocycles. The first kappa shape index (κ1) is 19.8. The van der Waals surface area contributed by atoms with E-state index in [0.717, 1.165) is 18.2 Å². The maximum atomic E-state index is 14.7. The molecule has 3 heterocycles. The van der Waals surface area contributed by atoms with Gasteiger partial charge < -0.3 is 18.9 Å². The van der Waals surface area contributed by atoms with Gasteiger partial charge in [0.25, 0.3) is 0 Å². The molecule has 4 aliphatic rings. The van der Waals surface area contributed by atoms with Gasteiger partial charge in [-0.3, -0.25) is 5.41 Å². The van der Waals surface area contributed by atoms with Crippen LogP contribution < -0.4 is 0 Å². The van der Waals surface area contributed by atoms with Gasteiger partial charge in [-0.15, -0.1) is 0 Å². The largest absolute Gasteiger partial charge is 0.447 e. The van der Waals surface area contributed by atoms with Gasteiger partial charge in [0.15, 0.2) is 11.2 Å². The number of benzene rings is 1. The van der Waals surface area contributed by atoms with E-state index < -0.39 is 52.0 Å². The maximum Gasteiger partial charge on any atom is 0.218 e. The second-order valence-corrected chi connectivity index (χ2v) is 8.22. The third kappa shape index (κ3) is 2.21. The van der Waals surface area contributed by atoms with Crippen LogP contribution in [-0.2, 0) is 18.9 Å². The lowest BCUT2D eigenvalue weighted by atomic mass is 9.51. The predicted molar refractivity (Wildman–Crippen MR) is 95.4 cm³/mol. The molecule has 1 spiro atoms. The molecule has 4 unspecified atom stereocenters. The Kier molecular flexibility index (Phi) is 3.98. The van der Waals surface area contributed by atoms with Crippen molar-refractivity contribution in [2.45, 2.75) is 36.9 Å². The zero-order valence-corrected chi connectivity index (χ0v) is 16.2. The van der Waals surface area contributed by atoms with Crippen LogP contribution in [0.15, 0.2) is 18.2 Å². The van der Waals surface area contributed by atoms with Crippen molar-refractivity contribution < 1.29 is 27.7 Å². The standard InChI is InChI=1S/C21H16F2N4O4/c22-12-1-2-14(23)13(7-12)16-18(9-24,10-25)20(11-26)15-8-19(28-5-6-29-19)3-4-21(15,30-16)31-17(20)27/h1-2,7,15-16,27H,3-6,8H2. The van der Waals surface area contributed by atoms with Crippen LogP contribution >= 0.6 is 0 Å². The lowest BCUT2D eigenvalue weighted by molar-refractivity contribution is -0.331. The number of nitriles is 3. The number of hydrogen-bond acceptors (Lipinski definition) is 8. The van der Waals surface area contributed by atoms with E-state index in [9.17, 15) is 24.6 Å². The summed E-state index contributed by atoms with van der Waals surface area (Å²) in [5.41, 5.74) is -4.86. The van der Waals surface area contributed by atoms with Crippen molar-refractivity contribution in [2.24, 2.45) is 16.7 Å². The van der Waals surface area contributed by atoms with Crippen LogP contribution in [0.5, 0.6) is 0 Å². The summed E-state index contributed by atoms with van der Waals surface area (Å²) in [4.78, 5) is 0. The summed E-state index contributed by atoms with van der Waals surface area (Å²) in [5.74, 6) is -5.87. The van der Waals surface area contributed by atoms with Crippen molar-refractivity contribution in [3.63, 3.8) is 0 Å². The molecule has 0 radical (unpaired) electrons. The van der Waals surface area contributed by atoms with Crippen LogP contribution in [0, 0.1) is 67.8 Å². The van der Waals surface area contributed by atoms with E-state index in [1.54, 1.807) is 0 Å². The minimum atomic E-state index is -2.38. The Morgan fingerprint density at radius 1 is 1.03 bits per heavy atom. The van der Waals surface area contributed by atoms with Gasteiger partial charge in [-0.2, -0.15) is 15.8 Å². The van der Waals surface area contributed by atoms with E-state index >= 15 is 0 Å². The van der Waals surface area contributed by atoms with Crippen molar-refractivity contribution in [1.29, 1.82) is 21.2 Å². The summed E-state index contributed by atoms with van der Waals surface area (Å²) in [6, 6.07) is 8.22. The SMILES string of the molecule is N#CC1(C#N)C(c2cc(F)ccc2F)OC23CCC4(CC2C1(C#N)C(=N)O3)OCCO4. The minimum Gasteiger partial charge on any atom is -0.447 e. The fourth-order valence-corrected chi connectivity index (χ4v) is 5.54. The molecule has 0 aromatic heterocycles. The zero-order valence-electron chi connectivity index (χ0n) is 16.2. The highest BCUT2D eigenvalue weighted by Crippen LogP contribution is 2.70. The lowest BCUT2D eigenvalue weighted by Crippen LogP contribution is -2.63. The molecule has 1 saturated carbocycles. The maximum absolute atomic E-state index is 14.7. The van der Waals surface area contributed by atoms with Gasteiger partial charge in [0, 0.05) is 24.8 Å². The Balaban J connectivity index is 1.75. The molecule has 1 N–H and O–H groups in total. The molecule has 3 aliphatic heterocycles. The summed E-state index contributed by atoms with van der Waals surface area (Å²) in [5, 5.41) is 39.2. The average molecular weight is 426 g/mol. The summed E-state index contributed by atoms with van der Waals surface area (Å²) < 4.78 is 52.2. The average Bonchev–Trinajstić information content (AvgIpc) is 3.29. The molecule has 4 atom stereocenters. The van der Waals surface area contributed by atoms with Gasteiger partial charge >= 0.3 is 0 Å². The van der Waals surface area contributed by atoms with Crippen LogP contribution in [0.25, 0.3) is 0 Å². The molecule has 10 heteroatoms. The summed E-state index contributed by atoms with van der Waals surface area (Å²) in [7, 11) is 0. The molecule has 5 rings (SSSR count). The predicted octanol–water partition coefficient (Wildman–Crippen LogP) is 2.83. The molecular formula is C21H16F2N4O4. The highest BCUT2D eigenvalue weighted by atomic mass is 19.1. The van der Waals surface area contributed by atoms with E-state index in [1.807, 2.05) is 18.2 Å². The van der Waals surface area contributed by atoms with Crippen molar-refractivity contribution in [1.82, 2.24) is 0 Å². The minimum absolute atomic E-state index is 0.0480. The Morgan fingerprint density at radius 2 is 1.74 bits per heavy atom. The fourth-order valence-electron chi connectivity index (χ4n) is 5.54. The van der Waals surface area contributed by atoms with Gasteiger partial charge in [0.1, 0.15) is 17.7 Å². The highest BCUT2D eigenvalue weighted by Gasteiger charge is 2.82. The molecule has 2 bridgehead atoms. The first-order valence-electron chi connectivity index (χ1n) is 9.74. The van der Waals surface area contributed by atoms with Crippen LogP contribution in [0.4, 0.5) is 8.78 Å². The van der Waals surface area contributed by atoms with Gasteiger partial charge in [-0.25, -0.2) is 8.78 Å². The Bertz CT molecular complexity index is 1100. The van der Waals surface area contributed by atoms with E-state index in [-0.39, 0.29) is 18.4 Å². The van der Waals surface area contributed by atoms with E-state index in [0.29, 0.717) is 19.6 Å². The molecule has 1 aromatic rings. The first-order valence-corrected chi connectivity index (χ1v) is 9.74. The Morgan fingerprint density at radius 3 is 2.39 bits per heavy atom. The Hall–Kier alpha value is -3.10. The topological polar surface area (TPSA) is 132 Å². The molecule has 31 heavy (non-hydrogen) atoms. The van der Waals surface area contributed by atoms with E-state index in [2.05, 4.69) is 0 Å². The number of rotatable bonds is 1. The molecule has 8 nitrogen and oxygen atoms in total. The summed E-state index contributed by atoms with van der Waals surface area (Å²) in [6.07, 6.45) is -1.18. The van der Waals surface area contributed by atoms with Gasteiger partial charge in [-0.1, -0.05) is 0 Å². The zero-order chi connectivity index (χ0) is 22.1. The van der Waals surface area contributed by atoms with Gasteiger partial charge in [0.2, 0.25) is 17.1 Å². The fraction of sp³-hybridized carbons (Fsp3) is 0.524. The van der Waals surface area contributed by atoms with Gasteiger partial charge in [-0.05, 0) is 18.2 Å². The third-order valence-corrected chi connectivity index (χ3v) is 6.97. The normalized spacial score (nSPS) is 36.7. The smallest absolute Gasteiger partial charge is 0.218 e. The van der Waals surface area contributed by atoms with Crippen LogP contribution in [-0.4, -0.2) is 30.7 Å². The molecule has 0 amide bonds. The van der Waals surface area contributed by atoms with Crippen molar-refractivity contribution in [3.8, 4) is 18.2 Å². The van der Waals surface area contributed by atoms with Crippen LogP contribution in [0.2, 0.25) is 0 Å². The molecule has 158 valence electrons. The molecule has 3 saturated heterocycles. The third-order valence-electron chi connectivity index (χ3n) is 6.97. The number of nitrogens with zero attached hydrogens (tertiary/aromatic N) is 3. The Labute approximate surface area is 176 Å².